The third-order valence-corrected chi connectivity index (χ3v) is 5.47. The lowest BCUT2D eigenvalue weighted by Gasteiger charge is -2.28. The Morgan fingerprint density at radius 3 is 2.53 bits per heavy atom. The molecule has 0 bridgehead atoms. The van der Waals surface area contributed by atoms with E-state index in [9.17, 15) is 14.4 Å². The first-order chi connectivity index (χ1) is 15.3. The molecule has 0 saturated carbocycles. The molecule has 32 heavy (non-hydrogen) atoms. The van der Waals surface area contributed by atoms with E-state index >= 15 is 0 Å². The second kappa shape index (κ2) is 10.4. The van der Waals surface area contributed by atoms with Gasteiger partial charge in [-0.15, -0.1) is 0 Å². The van der Waals surface area contributed by atoms with E-state index in [0.29, 0.717) is 32.0 Å². The number of methoxy groups -OCH3 is 2. The summed E-state index contributed by atoms with van der Waals surface area (Å²) in [6, 6.07) is 11.3. The first-order valence-corrected chi connectivity index (χ1v) is 10.6. The normalized spacial score (nSPS) is 15.4. The van der Waals surface area contributed by atoms with Gasteiger partial charge in [0.15, 0.2) is 18.1 Å². The van der Waals surface area contributed by atoms with Crippen LogP contribution in [0.2, 0.25) is 0 Å². The zero-order valence-electron chi connectivity index (χ0n) is 17.7. The van der Waals surface area contributed by atoms with Crippen molar-refractivity contribution in [3.05, 3.63) is 62.9 Å². The van der Waals surface area contributed by atoms with Crippen LogP contribution in [0.15, 0.2) is 53.7 Å². The molecule has 10 heteroatoms. The lowest BCUT2D eigenvalue weighted by atomic mass is 9.95. The van der Waals surface area contributed by atoms with Gasteiger partial charge in [-0.1, -0.05) is 18.2 Å². The zero-order chi connectivity index (χ0) is 23.3. The molecule has 0 saturated heterocycles. The van der Waals surface area contributed by atoms with E-state index < -0.39 is 18.0 Å². The molecule has 1 heterocycles. The van der Waals surface area contributed by atoms with Gasteiger partial charge in [0, 0.05) is 11.4 Å². The first-order valence-electron chi connectivity index (χ1n) is 9.55. The number of hydrogen-bond donors (Lipinski definition) is 3. The molecule has 0 spiro atoms. The van der Waals surface area contributed by atoms with E-state index in [1.165, 1.54) is 14.2 Å². The third kappa shape index (κ3) is 5.31. The molecular formula is C22H22IN3O6. The van der Waals surface area contributed by atoms with Crippen molar-refractivity contribution in [3.63, 3.8) is 0 Å². The van der Waals surface area contributed by atoms with Crippen molar-refractivity contribution in [2.75, 3.05) is 26.1 Å². The molecule has 1 aliphatic rings. The van der Waals surface area contributed by atoms with Gasteiger partial charge in [-0.2, -0.15) is 0 Å². The van der Waals surface area contributed by atoms with Gasteiger partial charge in [-0.3, -0.25) is 4.79 Å². The molecule has 2 aromatic carbocycles. The fourth-order valence-corrected chi connectivity index (χ4v) is 4.01. The Morgan fingerprint density at radius 2 is 1.88 bits per heavy atom. The lowest BCUT2D eigenvalue weighted by Crippen LogP contribution is -2.45. The van der Waals surface area contributed by atoms with Crippen LogP contribution in [0.3, 0.4) is 0 Å². The summed E-state index contributed by atoms with van der Waals surface area (Å²) in [5, 5.41) is 8.06. The largest absolute Gasteiger partial charge is 0.493 e. The maximum absolute atomic E-state index is 12.3. The summed E-state index contributed by atoms with van der Waals surface area (Å²) in [7, 11) is 2.74. The highest BCUT2D eigenvalue weighted by molar-refractivity contribution is 14.1. The summed E-state index contributed by atoms with van der Waals surface area (Å²) in [5.41, 5.74) is 1.94. The summed E-state index contributed by atoms with van der Waals surface area (Å²) in [5.74, 6) is -0.156. The van der Waals surface area contributed by atoms with Crippen molar-refractivity contribution in [1.29, 1.82) is 0 Å². The molecule has 0 aromatic heterocycles. The SMILES string of the molecule is COC(=O)C1=C(C)NC(=O)N[C@@H]1c1cc(I)c(OCC(=O)Nc2ccccc2)c(OC)c1. The summed E-state index contributed by atoms with van der Waals surface area (Å²) in [6.07, 6.45) is 0. The fraction of sp³-hybridized carbons (Fsp3) is 0.227. The Hall–Kier alpha value is -3.28. The van der Waals surface area contributed by atoms with E-state index in [-0.39, 0.29) is 18.1 Å². The number of benzene rings is 2. The first kappa shape index (κ1) is 23.4. The van der Waals surface area contributed by atoms with E-state index in [2.05, 4.69) is 16.0 Å². The highest BCUT2D eigenvalue weighted by Gasteiger charge is 2.33. The predicted molar refractivity (Wildman–Crippen MR) is 125 cm³/mol. The molecule has 0 aliphatic carbocycles. The van der Waals surface area contributed by atoms with Crippen LogP contribution in [0, 0.1) is 3.57 Å². The maximum Gasteiger partial charge on any atom is 0.337 e. The molecule has 1 atom stereocenters. The summed E-state index contributed by atoms with van der Waals surface area (Å²) >= 11 is 2.05. The maximum atomic E-state index is 12.3. The van der Waals surface area contributed by atoms with Crippen molar-refractivity contribution in [2.45, 2.75) is 13.0 Å². The number of urea groups is 1. The Bertz CT molecular complexity index is 1070. The summed E-state index contributed by atoms with van der Waals surface area (Å²) in [6.45, 7) is 1.40. The highest BCUT2D eigenvalue weighted by Crippen LogP contribution is 2.38. The number of esters is 1. The molecule has 2 aromatic rings. The molecule has 0 fully saturated rings. The minimum Gasteiger partial charge on any atom is -0.493 e. The van der Waals surface area contributed by atoms with Crippen LogP contribution in [-0.4, -0.2) is 38.7 Å². The van der Waals surface area contributed by atoms with Crippen LogP contribution in [0.4, 0.5) is 10.5 Å². The van der Waals surface area contributed by atoms with Crippen molar-refractivity contribution < 1.29 is 28.6 Å². The van der Waals surface area contributed by atoms with E-state index in [1.807, 2.05) is 40.8 Å². The minimum atomic E-state index is -0.742. The number of amides is 3. The van der Waals surface area contributed by atoms with Crippen molar-refractivity contribution in [3.8, 4) is 11.5 Å². The summed E-state index contributed by atoms with van der Waals surface area (Å²) in [4.78, 5) is 36.6. The Kier molecular flexibility index (Phi) is 7.57. The Labute approximate surface area is 198 Å². The van der Waals surface area contributed by atoms with Crippen LogP contribution in [0.1, 0.15) is 18.5 Å². The quantitative estimate of drug-likeness (QED) is 0.360. The number of carbonyl (C=O) groups is 3. The van der Waals surface area contributed by atoms with Crippen molar-refractivity contribution >= 4 is 46.2 Å². The van der Waals surface area contributed by atoms with Crippen molar-refractivity contribution in [1.82, 2.24) is 10.6 Å². The number of allylic oxidation sites excluding steroid dienone is 1. The van der Waals surface area contributed by atoms with Crippen LogP contribution in [0.5, 0.6) is 11.5 Å². The molecule has 3 N–H and O–H groups in total. The molecule has 168 valence electrons. The van der Waals surface area contributed by atoms with Gasteiger partial charge in [0.25, 0.3) is 5.91 Å². The molecule has 0 unspecified atom stereocenters. The van der Waals surface area contributed by atoms with Gasteiger partial charge < -0.3 is 30.2 Å². The lowest BCUT2D eigenvalue weighted by molar-refractivity contribution is -0.136. The topological polar surface area (TPSA) is 115 Å². The second-order valence-corrected chi connectivity index (χ2v) is 7.96. The van der Waals surface area contributed by atoms with Crippen LogP contribution < -0.4 is 25.4 Å². The number of halogens is 1. The molecular weight excluding hydrogens is 529 g/mol. The molecule has 3 rings (SSSR count). The molecule has 0 radical (unpaired) electrons. The van der Waals surface area contributed by atoms with E-state index in [4.69, 9.17) is 14.2 Å². The number of anilines is 1. The molecule has 1 aliphatic heterocycles. The number of para-hydroxylation sites is 1. The number of carbonyl (C=O) groups excluding carboxylic acids is 3. The van der Waals surface area contributed by atoms with Gasteiger partial charge in [-0.05, 0) is 59.3 Å². The third-order valence-electron chi connectivity index (χ3n) is 4.66. The number of hydrogen-bond acceptors (Lipinski definition) is 6. The number of rotatable bonds is 7. The average Bonchev–Trinajstić information content (AvgIpc) is 2.77. The Balaban J connectivity index is 1.84. The molecule has 9 nitrogen and oxygen atoms in total. The van der Waals surface area contributed by atoms with E-state index in [0.717, 1.165) is 0 Å². The van der Waals surface area contributed by atoms with Gasteiger partial charge in [-0.25, -0.2) is 9.59 Å². The predicted octanol–water partition coefficient (Wildman–Crippen LogP) is 3.12. The van der Waals surface area contributed by atoms with Crippen LogP contribution in [-0.2, 0) is 14.3 Å². The smallest absolute Gasteiger partial charge is 0.337 e. The fourth-order valence-electron chi connectivity index (χ4n) is 3.23. The molecule has 3 amide bonds. The monoisotopic (exact) mass is 551 g/mol. The minimum absolute atomic E-state index is 0.225. The average molecular weight is 551 g/mol. The number of ether oxygens (including phenoxy) is 3. The van der Waals surface area contributed by atoms with E-state index in [1.54, 1.807) is 31.2 Å². The van der Waals surface area contributed by atoms with Gasteiger partial charge >= 0.3 is 12.0 Å². The van der Waals surface area contributed by atoms with Gasteiger partial charge in [0.2, 0.25) is 0 Å². The summed E-state index contributed by atoms with van der Waals surface area (Å²) < 4.78 is 16.7. The van der Waals surface area contributed by atoms with Crippen molar-refractivity contribution in [2.24, 2.45) is 0 Å². The van der Waals surface area contributed by atoms with Gasteiger partial charge in [0.05, 0.1) is 29.4 Å². The van der Waals surface area contributed by atoms with Crippen LogP contribution >= 0.6 is 22.6 Å². The number of nitrogens with one attached hydrogen (secondary N) is 3. The Morgan fingerprint density at radius 1 is 1.16 bits per heavy atom. The zero-order valence-corrected chi connectivity index (χ0v) is 19.8. The van der Waals surface area contributed by atoms with Crippen LogP contribution in [0.25, 0.3) is 0 Å². The standard InChI is InChI=1S/C22H22IN3O6/c1-12-18(21(28)31-3)19(26-22(29)24-12)13-9-15(23)20(16(10-13)30-2)32-11-17(27)25-14-7-5-4-6-8-14/h4-10,19H,11H2,1-3H3,(H,25,27)(H2,24,26,29)/t19-/m1/s1. The second-order valence-electron chi connectivity index (χ2n) is 6.80. The van der Waals surface area contributed by atoms with Gasteiger partial charge in [0.1, 0.15) is 0 Å². The highest BCUT2D eigenvalue weighted by atomic mass is 127.